The lowest BCUT2D eigenvalue weighted by Gasteiger charge is -2.10. The lowest BCUT2D eigenvalue weighted by Crippen LogP contribution is -2.05. The van der Waals surface area contributed by atoms with Crippen molar-refractivity contribution in [3.8, 4) is 29.0 Å². The molecule has 0 N–H and O–H groups in total. The summed E-state index contributed by atoms with van der Waals surface area (Å²) in [6.45, 7) is 1.98. The Bertz CT molecular complexity index is 1090. The van der Waals surface area contributed by atoms with E-state index in [4.69, 9.17) is 18.7 Å². The Morgan fingerprint density at radius 3 is 2.74 bits per heavy atom. The Hall–Kier alpha value is -3.69. The Labute approximate surface area is 153 Å². The average molecular weight is 368 g/mol. The summed E-state index contributed by atoms with van der Waals surface area (Å²) >= 11 is 0. The SMILES string of the molecule is COc1cccc(COc2nn3c(-c4cc(C)on4)nnc3cc2OC)n1. The van der Waals surface area contributed by atoms with Crippen molar-refractivity contribution in [3.05, 3.63) is 41.8 Å². The Balaban J connectivity index is 1.68. The fraction of sp³-hybridized carbons (Fsp3) is 0.235. The standard InChI is InChI=1S/C17H16N6O4/c1-10-7-12(22-27-10)16-20-19-14-8-13(24-2)17(21-23(14)16)26-9-11-5-4-6-15(18-11)25-3/h4-8H,9H2,1-3H3. The summed E-state index contributed by atoms with van der Waals surface area (Å²) < 4.78 is 22.9. The smallest absolute Gasteiger partial charge is 0.275 e. The van der Waals surface area contributed by atoms with Gasteiger partial charge >= 0.3 is 0 Å². The Morgan fingerprint density at radius 1 is 1.11 bits per heavy atom. The molecule has 0 aliphatic heterocycles. The highest BCUT2D eigenvalue weighted by molar-refractivity contribution is 5.56. The molecule has 10 heteroatoms. The molecule has 0 radical (unpaired) electrons. The van der Waals surface area contributed by atoms with Crippen LogP contribution in [0.3, 0.4) is 0 Å². The van der Waals surface area contributed by atoms with Gasteiger partial charge in [-0.25, -0.2) is 4.98 Å². The first-order chi connectivity index (χ1) is 13.2. The third kappa shape index (κ3) is 3.24. The topological polar surface area (TPSA) is 110 Å². The molecule has 0 unspecified atom stereocenters. The largest absolute Gasteiger partial charge is 0.491 e. The molecular weight excluding hydrogens is 352 g/mol. The van der Waals surface area contributed by atoms with Crippen molar-refractivity contribution >= 4 is 5.65 Å². The van der Waals surface area contributed by atoms with Crippen molar-refractivity contribution in [3.63, 3.8) is 0 Å². The molecule has 4 rings (SSSR count). The van der Waals surface area contributed by atoms with Crippen LogP contribution >= 0.6 is 0 Å². The number of pyridine rings is 1. The van der Waals surface area contributed by atoms with Crippen LogP contribution in [0.5, 0.6) is 17.5 Å². The van der Waals surface area contributed by atoms with E-state index in [2.05, 4.69) is 25.4 Å². The van der Waals surface area contributed by atoms with Crippen molar-refractivity contribution in [1.82, 2.24) is 30.0 Å². The van der Waals surface area contributed by atoms with E-state index in [-0.39, 0.29) is 12.5 Å². The van der Waals surface area contributed by atoms with E-state index in [0.29, 0.717) is 40.2 Å². The van der Waals surface area contributed by atoms with E-state index in [1.807, 2.05) is 12.1 Å². The second kappa shape index (κ2) is 6.90. The molecule has 0 amide bonds. The Kier molecular flexibility index (Phi) is 4.29. The molecule has 4 heterocycles. The molecule has 0 fully saturated rings. The molecule has 0 atom stereocenters. The van der Waals surface area contributed by atoms with Crippen LogP contribution in [0.4, 0.5) is 0 Å². The predicted molar refractivity (Wildman–Crippen MR) is 92.7 cm³/mol. The van der Waals surface area contributed by atoms with E-state index in [0.717, 1.165) is 0 Å². The van der Waals surface area contributed by atoms with E-state index in [1.165, 1.54) is 11.6 Å². The van der Waals surface area contributed by atoms with Crippen LogP contribution in [-0.4, -0.2) is 44.2 Å². The van der Waals surface area contributed by atoms with Gasteiger partial charge in [0.15, 0.2) is 17.1 Å². The minimum absolute atomic E-state index is 0.187. The highest BCUT2D eigenvalue weighted by atomic mass is 16.5. The number of aryl methyl sites for hydroxylation is 1. The molecule has 0 aromatic carbocycles. The van der Waals surface area contributed by atoms with Crippen molar-refractivity contribution in [1.29, 1.82) is 0 Å². The van der Waals surface area contributed by atoms with Gasteiger partial charge in [-0.15, -0.1) is 15.3 Å². The van der Waals surface area contributed by atoms with Crippen LogP contribution in [0.15, 0.2) is 34.9 Å². The first kappa shape index (κ1) is 16.8. The summed E-state index contributed by atoms with van der Waals surface area (Å²) in [6, 6.07) is 8.87. The third-order valence-corrected chi connectivity index (χ3v) is 3.75. The fourth-order valence-electron chi connectivity index (χ4n) is 2.47. The van der Waals surface area contributed by atoms with Gasteiger partial charge in [0.2, 0.25) is 11.7 Å². The van der Waals surface area contributed by atoms with Gasteiger partial charge in [0.1, 0.15) is 12.4 Å². The molecule has 10 nitrogen and oxygen atoms in total. The van der Waals surface area contributed by atoms with Crippen molar-refractivity contribution < 1.29 is 18.7 Å². The minimum Gasteiger partial charge on any atom is -0.491 e. The number of aromatic nitrogens is 6. The van der Waals surface area contributed by atoms with Gasteiger partial charge in [-0.1, -0.05) is 11.2 Å². The number of hydrogen-bond acceptors (Lipinski definition) is 9. The number of rotatable bonds is 6. The summed E-state index contributed by atoms with van der Waals surface area (Å²) in [5, 5.41) is 16.6. The van der Waals surface area contributed by atoms with Crippen molar-refractivity contribution in [2.75, 3.05) is 14.2 Å². The average Bonchev–Trinajstić information content (AvgIpc) is 3.31. The van der Waals surface area contributed by atoms with Crippen molar-refractivity contribution in [2.45, 2.75) is 13.5 Å². The summed E-state index contributed by atoms with van der Waals surface area (Å²) in [4.78, 5) is 4.31. The minimum atomic E-state index is 0.187. The molecule has 0 spiro atoms. The zero-order chi connectivity index (χ0) is 18.8. The summed E-state index contributed by atoms with van der Waals surface area (Å²) in [5.74, 6) is 2.32. The summed E-state index contributed by atoms with van der Waals surface area (Å²) in [7, 11) is 3.09. The second-order valence-electron chi connectivity index (χ2n) is 5.59. The van der Waals surface area contributed by atoms with Gasteiger partial charge in [-0.05, 0) is 13.0 Å². The number of fused-ring (bicyclic) bond motifs is 1. The molecule has 0 aliphatic carbocycles. The quantitative estimate of drug-likeness (QED) is 0.505. The van der Waals surface area contributed by atoms with E-state index in [1.54, 1.807) is 32.2 Å². The lowest BCUT2D eigenvalue weighted by atomic mass is 10.3. The molecule has 138 valence electrons. The van der Waals surface area contributed by atoms with Gasteiger partial charge in [0, 0.05) is 18.2 Å². The number of hydrogen-bond donors (Lipinski definition) is 0. The van der Waals surface area contributed by atoms with E-state index >= 15 is 0 Å². The zero-order valence-corrected chi connectivity index (χ0v) is 14.9. The maximum Gasteiger partial charge on any atom is 0.275 e. The van der Waals surface area contributed by atoms with Gasteiger partial charge in [0.25, 0.3) is 5.88 Å². The monoisotopic (exact) mass is 368 g/mol. The molecule has 0 aliphatic rings. The van der Waals surface area contributed by atoms with Crippen LogP contribution in [0.25, 0.3) is 17.2 Å². The summed E-state index contributed by atoms with van der Waals surface area (Å²) in [5.41, 5.74) is 1.71. The number of ether oxygens (including phenoxy) is 3. The van der Waals surface area contributed by atoms with E-state index < -0.39 is 0 Å². The normalized spacial score (nSPS) is 10.9. The molecule has 0 saturated heterocycles. The Morgan fingerprint density at radius 2 is 2.00 bits per heavy atom. The van der Waals surface area contributed by atoms with Crippen molar-refractivity contribution in [2.24, 2.45) is 0 Å². The molecule has 27 heavy (non-hydrogen) atoms. The van der Waals surface area contributed by atoms with Gasteiger partial charge in [-0.3, -0.25) is 0 Å². The maximum absolute atomic E-state index is 5.81. The number of nitrogens with zero attached hydrogens (tertiary/aromatic N) is 6. The fourth-order valence-corrected chi connectivity index (χ4v) is 2.47. The maximum atomic E-state index is 5.81. The molecule has 0 saturated carbocycles. The lowest BCUT2D eigenvalue weighted by molar-refractivity contribution is 0.262. The third-order valence-electron chi connectivity index (χ3n) is 3.75. The van der Waals surface area contributed by atoms with Crippen LogP contribution in [0, 0.1) is 6.92 Å². The highest BCUT2D eigenvalue weighted by Gasteiger charge is 2.17. The predicted octanol–water partition coefficient (Wildman–Crippen LogP) is 2.08. The summed E-state index contributed by atoms with van der Waals surface area (Å²) in [6.07, 6.45) is 0. The molecular formula is C17H16N6O4. The van der Waals surface area contributed by atoms with Gasteiger partial charge in [-0.2, -0.15) is 4.52 Å². The molecule has 0 bridgehead atoms. The zero-order valence-electron chi connectivity index (χ0n) is 14.9. The first-order valence-electron chi connectivity index (χ1n) is 8.05. The van der Waals surface area contributed by atoms with Crippen LogP contribution < -0.4 is 14.2 Å². The van der Waals surface area contributed by atoms with E-state index in [9.17, 15) is 0 Å². The van der Waals surface area contributed by atoms with Crippen LogP contribution in [-0.2, 0) is 6.61 Å². The van der Waals surface area contributed by atoms with Gasteiger partial charge in [0.05, 0.1) is 19.9 Å². The van der Waals surface area contributed by atoms with Gasteiger partial charge < -0.3 is 18.7 Å². The van der Waals surface area contributed by atoms with Crippen LogP contribution in [0.1, 0.15) is 11.5 Å². The second-order valence-corrected chi connectivity index (χ2v) is 5.59. The first-order valence-corrected chi connectivity index (χ1v) is 8.05. The van der Waals surface area contributed by atoms with Crippen LogP contribution in [0.2, 0.25) is 0 Å². The molecule has 4 aromatic heterocycles. The number of methoxy groups -OCH3 is 2. The highest BCUT2D eigenvalue weighted by Crippen LogP contribution is 2.28. The molecule has 4 aromatic rings.